The summed E-state index contributed by atoms with van der Waals surface area (Å²) in [6.07, 6.45) is 10.1. The van der Waals surface area contributed by atoms with Gasteiger partial charge in [-0.25, -0.2) is 0 Å². The lowest BCUT2D eigenvalue weighted by Crippen LogP contribution is -2.48. The summed E-state index contributed by atoms with van der Waals surface area (Å²) in [5.41, 5.74) is 4.66. The fourth-order valence-corrected chi connectivity index (χ4v) is 6.50. The zero-order chi connectivity index (χ0) is 38.1. The lowest BCUT2D eigenvalue weighted by molar-refractivity contribution is -0.124. The first kappa shape index (κ1) is 43.1. The number of carbonyl (C=O) groups excluding carboxylic acids is 2. The van der Waals surface area contributed by atoms with E-state index in [1.807, 2.05) is 24.3 Å². The van der Waals surface area contributed by atoms with Crippen molar-refractivity contribution in [2.75, 3.05) is 0 Å². The number of hydrogen-bond donors (Lipinski definition) is 4. The Hall–Kier alpha value is -3.02. The molecule has 6 heteroatoms. The van der Waals surface area contributed by atoms with E-state index in [-0.39, 0.29) is 33.5 Å². The third kappa shape index (κ3) is 13.6. The monoisotopic (exact) mass is 693 g/mol. The molecule has 0 spiro atoms. The summed E-state index contributed by atoms with van der Waals surface area (Å²) in [6.45, 7) is 27.3. The van der Waals surface area contributed by atoms with E-state index in [0.717, 1.165) is 52.6 Å². The van der Waals surface area contributed by atoms with Crippen LogP contribution in [0.15, 0.2) is 24.3 Å². The standard InChI is InChI=1S/C44H72N2O4/c1-14-15-16-17-18-19-20-21-36(45-37(47)24-22-30-26-32(41(2,3)4)39(49)33(27-30)42(5,6)7)46-38(48)25-23-31-28-34(43(8,9)10)40(50)35(29-31)44(11,12)13/h26-29,36,49-50H,14-25H2,1-13H3,(H,45,47)(H,46,48). The van der Waals surface area contributed by atoms with Gasteiger partial charge in [-0.15, -0.1) is 0 Å². The molecule has 2 aromatic carbocycles. The van der Waals surface area contributed by atoms with Crippen molar-refractivity contribution in [3.63, 3.8) is 0 Å². The third-order valence-electron chi connectivity index (χ3n) is 9.62. The molecule has 0 fully saturated rings. The van der Waals surface area contributed by atoms with Crippen LogP contribution in [0.25, 0.3) is 0 Å². The molecule has 50 heavy (non-hydrogen) atoms. The predicted octanol–water partition coefficient (Wildman–Crippen LogP) is 10.6. The maximum absolute atomic E-state index is 13.4. The third-order valence-corrected chi connectivity index (χ3v) is 9.62. The lowest BCUT2D eigenvalue weighted by Gasteiger charge is -2.28. The number of benzene rings is 2. The number of phenolic OH excluding ortho intramolecular Hbond substituents is 2. The van der Waals surface area contributed by atoms with E-state index in [0.29, 0.717) is 43.6 Å². The summed E-state index contributed by atoms with van der Waals surface area (Å²) in [6, 6.07) is 8.15. The number of amides is 2. The van der Waals surface area contributed by atoms with Gasteiger partial charge in [0, 0.05) is 12.8 Å². The summed E-state index contributed by atoms with van der Waals surface area (Å²) in [5, 5.41) is 28.5. The average Bonchev–Trinajstić information content (AvgIpc) is 2.97. The SMILES string of the molecule is CCCCCCCCCC(NC(=O)CCc1cc(C(C)(C)C)c(O)c(C(C)(C)C)c1)NC(=O)CCc1cc(C(C)(C)C)c(O)c(C(C)(C)C)c1. The summed E-state index contributed by atoms with van der Waals surface area (Å²) < 4.78 is 0. The highest BCUT2D eigenvalue weighted by atomic mass is 16.3. The first-order valence-electron chi connectivity index (χ1n) is 19.3. The van der Waals surface area contributed by atoms with Crippen LogP contribution in [-0.4, -0.2) is 28.2 Å². The summed E-state index contributed by atoms with van der Waals surface area (Å²) in [5.74, 6) is 0.493. The van der Waals surface area contributed by atoms with Gasteiger partial charge in [0.2, 0.25) is 11.8 Å². The van der Waals surface area contributed by atoms with E-state index in [1.165, 1.54) is 25.7 Å². The maximum atomic E-state index is 13.4. The molecular weight excluding hydrogens is 620 g/mol. The number of aryl methyl sites for hydroxylation is 2. The largest absolute Gasteiger partial charge is 0.507 e. The molecular formula is C44H72N2O4. The molecule has 6 nitrogen and oxygen atoms in total. The van der Waals surface area contributed by atoms with Crippen LogP contribution in [0.3, 0.4) is 0 Å². The van der Waals surface area contributed by atoms with Crippen LogP contribution < -0.4 is 10.6 Å². The molecule has 2 amide bonds. The minimum Gasteiger partial charge on any atom is -0.507 e. The van der Waals surface area contributed by atoms with Gasteiger partial charge in [0.25, 0.3) is 0 Å². The van der Waals surface area contributed by atoms with Crippen LogP contribution in [-0.2, 0) is 44.1 Å². The second-order valence-corrected chi connectivity index (χ2v) is 18.7. The van der Waals surface area contributed by atoms with Gasteiger partial charge in [-0.05, 0) is 80.7 Å². The molecule has 282 valence electrons. The topological polar surface area (TPSA) is 98.7 Å². The van der Waals surface area contributed by atoms with Crippen molar-refractivity contribution in [1.29, 1.82) is 0 Å². The highest BCUT2D eigenvalue weighted by molar-refractivity contribution is 5.79. The molecule has 0 aliphatic heterocycles. The highest BCUT2D eigenvalue weighted by Crippen LogP contribution is 2.41. The van der Waals surface area contributed by atoms with E-state index in [2.05, 4.69) is 101 Å². The van der Waals surface area contributed by atoms with E-state index < -0.39 is 6.17 Å². The van der Waals surface area contributed by atoms with Gasteiger partial charge in [-0.3, -0.25) is 9.59 Å². The van der Waals surface area contributed by atoms with Gasteiger partial charge < -0.3 is 20.8 Å². The zero-order valence-electron chi connectivity index (χ0n) is 34.1. The van der Waals surface area contributed by atoms with Crippen molar-refractivity contribution < 1.29 is 19.8 Å². The van der Waals surface area contributed by atoms with Crippen molar-refractivity contribution in [3.05, 3.63) is 57.6 Å². The quantitative estimate of drug-likeness (QED) is 0.104. The van der Waals surface area contributed by atoms with Crippen LogP contribution in [0.2, 0.25) is 0 Å². The molecule has 0 heterocycles. The second kappa shape index (κ2) is 18.0. The maximum Gasteiger partial charge on any atom is 0.221 e. The molecule has 0 bridgehead atoms. The number of aromatic hydroxyl groups is 2. The van der Waals surface area contributed by atoms with E-state index in [1.54, 1.807) is 0 Å². The van der Waals surface area contributed by atoms with E-state index >= 15 is 0 Å². The van der Waals surface area contributed by atoms with Gasteiger partial charge in [0.05, 0.1) is 0 Å². The Bertz CT molecular complexity index is 1240. The molecule has 4 N–H and O–H groups in total. The minimum atomic E-state index is -0.434. The summed E-state index contributed by atoms with van der Waals surface area (Å²) >= 11 is 0. The predicted molar refractivity (Wildman–Crippen MR) is 210 cm³/mol. The molecule has 0 saturated carbocycles. The molecule has 0 atom stereocenters. The molecule has 0 aliphatic carbocycles. The van der Waals surface area contributed by atoms with Gasteiger partial charge in [0.1, 0.15) is 17.7 Å². The second-order valence-electron chi connectivity index (χ2n) is 18.7. The van der Waals surface area contributed by atoms with Crippen LogP contribution in [0.5, 0.6) is 11.5 Å². The van der Waals surface area contributed by atoms with Gasteiger partial charge in [-0.1, -0.05) is 153 Å². The smallest absolute Gasteiger partial charge is 0.221 e. The van der Waals surface area contributed by atoms with Gasteiger partial charge in [-0.2, -0.15) is 0 Å². The number of phenols is 2. The summed E-state index contributed by atoms with van der Waals surface area (Å²) in [7, 11) is 0. The number of hydrogen-bond acceptors (Lipinski definition) is 4. The van der Waals surface area contributed by atoms with Crippen molar-refractivity contribution in [1.82, 2.24) is 10.6 Å². The Labute approximate surface area is 305 Å². The molecule has 0 unspecified atom stereocenters. The average molecular weight is 693 g/mol. The Kier molecular flexibility index (Phi) is 15.5. The molecule has 0 radical (unpaired) electrons. The number of rotatable bonds is 16. The van der Waals surface area contributed by atoms with Crippen molar-refractivity contribution >= 4 is 11.8 Å². The zero-order valence-corrected chi connectivity index (χ0v) is 34.1. The molecule has 2 aromatic rings. The van der Waals surface area contributed by atoms with Crippen molar-refractivity contribution in [2.45, 2.75) is 195 Å². The van der Waals surface area contributed by atoms with Crippen molar-refractivity contribution in [3.8, 4) is 11.5 Å². The number of unbranched alkanes of at least 4 members (excludes halogenated alkanes) is 6. The molecule has 0 aromatic heterocycles. The highest BCUT2D eigenvalue weighted by Gasteiger charge is 2.28. The van der Waals surface area contributed by atoms with Gasteiger partial charge in [0.15, 0.2) is 0 Å². The van der Waals surface area contributed by atoms with Crippen LogP contribution in [0, 0.1) is 0 Å². The normalized spacial score (nSPS) is 12.8. The Morgan fingerprint density at radius 2 is 0.840 bits per heavy atom. The fourth-order valence-electron chi connectivity index (χ4n) is 6.50. The molecule has 0 aliphatic rings. The van der Waals surface area contributed by atoms with Crippen LogP contribution in [0.4, 0.5) is 0 Å². The van der Waals surface area contributed by atoms with Crippen LogP contribution >= 0.6 is 0 Å². The number of carbonyl (C=O) groups is 2. The minimum absolute atomic E-state index is 0.0934. The van der Waals surface area contributed by atoms with Gasteiger partial charge >= 0.3 is 0 Å². The van der Waals surface area contributed by atoms with Crippen LogP contribution in [0.1, 0.15) is 188 Å². The van der Waals surface area contributed by atoms with Crippen molar-refractivity contribution in [2.24, 2.45) is 0 Å². The van der Waals surface area contributed by atoms with E-state index in [9.17, 15) is 19.8 Å². The first-order valence-corrected chi connectivity index (χ1v) is 19.3. The number of nitrogens with one attached hydrogen (secondary N) is 2. The molecule has 2 rings (SSSR count). The Morgan fingerprint density at radius 3 is 1.14 bits per heavy atom. The Morgan fingerprint density at radius 1 is 0.540 bits per heavy atom. The fraction of sp³-hybridized carbons (Fsp3) is 0.682. The first-order chi connectivity index (χ1) is 22.9. The molecule has 0 saturated heterocycles. The van der Waals surface area contributed by atoms with E-state index in [4.69, 9.17) is 0 Å². The lowest BCUT2D eigenvalue weighted by atomic mass is 9.78. The summed E-state index contributed by atoms with van der Waals surface area (Å²) in [4.78, 5) is 26.8. The Balaban J connectivity index is 2.18.